The van der Waals surface area contributed by atoms with E-state index in [9.17, 15) is 0 Å². The van der Waals surface area contributed by atoms with Gasteiger partial charge in [0, 0.05) is 12.5 Å². The number of hydrogen-bond donors (Lipinski definition) is 0. The fraction of sp³-hybridized carbons (Fsp3) is 0.429. The van der Waals surface area contributed by atoms with Gasteiger partial charge in [-0.3, -0.25) is 0 Å². The highest BCUT2D eigenvalue weighted by atomic mass is 16.7. The van der Waals surface area contributed by atoms with Gasteiger partial charge in [0.25, 0.3) is 0 Å². The monoisotopic (exact) mass is 216 g/mol. The number of hydrogen-bond acceptors (Lipinski definition) is 2. The molecule has 0 saturated carbocycles. The Morgan fingerprint density at radius 1 is 1.12 bits per heavy atom. The van der Waals surface area contributed by atoms with E-state index in [1.165, 1.54) is 17.6 Å². The van der Waals surface area contributed by atoms with E-state index in [2.05, 4.69) is 30.3 Å². The van der Waals surface area contributed by atoms with Gasteiger partial charge in [0.15, 0.2) is 6.29 Å². The molecule has 0 amide bonds. The van der Waals surface area contributed by atoms with E-state index in [0.29, 0.717) is 5.92 Å². The largest absolute Gasteiger partial charge is 0.352 e. The van der Waals surface area contributed by atoms with Crippen LogP contribution in [0.3, 0.4) is 0 Å². The molecule has 1 aromatic carbocycles. The third-order valence-corrected chi connectivity index (χ3v) is 3.31. The van der Waals surface area contributed by atoms with Crippen molar-refractivity contribution in [2.75, 3.05) is 13.2 Å². The summed E-state index contributed by atoms with van der Waals surface area (Å²) in [6.07, 6.45) is 4.61. The Kier molecular flexibility index (Phi) is 2.77. The molecule has 0 radical (unpaired) electrons. The van der Waals surface area contributed by atoms with Gasteiger partial charge in [-0.15, -0.1) is 0 Å². The normalized spacial score (nSPS) is 31.6. The molecule has 2 nitrogen and oxygen atoms in total. The van der Waals surface area contributed by atoms with Crippen LogP contribution in [0.4, 0.5) is 0 Å². The lowest BCUT2D eigenvalue weighted by molar-refractivity contribution is -0.150. The van der Waals surface area contributed by atoms with Gasteiger partial charge in [0.1, 0.15) is 0 Å². The summed E-state index contributed by atoms with van der Waals surface area (Å²) in [4.78, 5) is 0. The Hall–Kier alpha value is -1.12. The first kappa shape index (κ1) is 10.1. The van der Waals surface area contributed by atoms with Crippen molar-refractivity contribution in [2.45, 2.75) is 19.1 Å². The van der Waals surface area contributed by atoms with Crippen LogP contribution in [-0.4, -0.2) is 19.5 Å². The van der Waals surface area contributed by atoms with Crippen molar-refractivity contribution >= 4 is 6.08 Å². The third-order valence-electron chi connectivity index (χ3n) is 3.31. The molecule has 0 spiro atoms. The fourth-order valence-electron chi connectivity index (χ4n) is 2.48. The minimum Gasteiger partial charge on any atom is -0.352 e. The van der Waals surface area contributed by atoms with Crippen molar-refractivity contribution in [1.82, 2.24) is 0 Å². The molecule has 0 N–H and O–H groups in total. The quantitative estimate of drug-likeness (QED) is 0.718. The predicted molar refractivity (Wildman–Crippen MR) is 62.8 cm³/mol. The van der Waals surface area contributed by atoms with Crippen LogP contribution in [0.15, 0.2) is 35.9 Å². The summed E-state index contributed by atoms with van der Waals surface area (Å²) in [5.41, 5.74) is 2.64. The van der Waals surface area contributed by atoms with Crippen LogP contribution in [0.25, 0.3) is 6.08 Å². The predicted octanol–water partition coefficient (Wildman–Crippen LogP) is 2.85. The summed E-state index contributed by atoms with van der Waals surface area (Å²) in [6.45, 7) is 1.57. The number of rotatable bonds is 1. The smallest absolute Gasteiger partial charge is 0.164 e. The van der Waals surface area contributed by atoms with E-state index in [0.717, 1.165) is 19.6 Å². The van der Waals surface area contributed by atoms with Gasteiger partial charge in [0.05, 0.1) is 6.61 Å². The van der Waals surface area contributed by atoms with Crippen molar-refractivity contribution < 1.29 is 9.47 Å². The minimum absolute atomic E-state index is 0.0173. The van der Waals surface area contributed by atoms with E-state index < -0.39 is 0 Å². The van der Waals surface area contributed by atoms with Crippen molar-refractivity contribution in [2.24, 2.45) is 5.92 Å². The van der Waals surface area contributed by atoms with Gasteiger partial charge in [0.2, 0.25) is 0 Å². The van der Waals surface area contributed by atoms with Gasteiger partial charge in [-0.25, -0.2) is 0 Å². The summed E-state index contributed by atoms with van der Waals surface area (Å²) >= 11 is 0. The molecule has 2 atom stereocenters. The third kappa shape index (κ3) is 1.91. The van der Waals surface area contributed by atoms with Crippen LogP contribution in [0, 0.1) is 5.92 Å². The van der Waals surface area contributed by atoms with Gasteiger partial charge >= 0.3 is 0 Å². The van der Waals surface area contributed by atoms with E-state index >= 15 is 0 Å². The zero-order valence-corrected chi connectivity index (χ0v) is 9.26. The van der Waals surface area contributed by atoms with Crippen LogP contribution in [0.5, 0.6) is 0 Å². The van der Waals surface area contributed by atoms with E-state index in [1.807, 2.05) is 6.07 Å². The zero-order valence-electron chi connectivity index (χ0n) is 9.26. The lowest BCUT2D eigenvalue weighted by Crippen LogP contribution is -2.26. The highest BCUT2D eigenvalue weighted by Gasteiger charge is 2.35. The maximum Gasteiger partial charge on any atom is 0.164 e. The van der Waals surface area contributed by atoms with Crippen LogP contribution < -0.4 is 0 Å². The topological polar surface area (TPSA) is 18.5 Å². The molecule has 3 rings (SSSR count). The summed E-state index contributed by atoms with van der Waals surface area (Å²) in [5, 5.41) is 0. The number of fused-ring (bicyclic) bond motifs is 1. The maximum atomic E-state index is 5.65. The average molecular weight is 216 g/mol. The molecule has 2 unspecified atom stereocenters. The molecular formula is C14H16O2. The molecule has 2 fully saturated rings. The Morgan fingerprint density at radius 2 is 2.00 bits per heavy atom. The Labute approximate surface area is 95.9 Å². The standard InChI is InChI=1S/C14H16O2/c1-2-5-11(6-3-1)9-12-10-16-14-13(12)7-4-8-15-14/h1-3,5-6,9,13-14H,4,7-8,10H2/b12-9-. The molecule has 1 aromatic rings. The molecule has 0 aliphatic carbocycles. The number of benzene rings is 1. The van der Waals surface area contributed by atoms with E-state index in [1.54, 1.807) is 0 Å². The van der Waals surface area contributed by atoms with Crippen molar-refractivity contribution in [1.29, 1.82) is 0 Å². The highest BCUT2D eigenvalue weighted by molar-refractivity contribution is 5.54. The first-order valence-electron chi connectivity index (χ1n) is 5.92. The van der Waals surface area contributed by atoms with Gasteiger partial charge in [-0.2, -0.15) is 0 Å². The first-order valence-corrected chi connectivity index (χ1v) is 5.92. The first-order chi connectivity index (χ1) is 7.93. The average Bonchev–Trinajstić information content (AvgIpc) is 2.74. The SMILES string of the molecule is C(=C1\COC2OCCCC12)/c1ccccc1. The molecule has 0 aromatic heterocycles. The molecule has 0 bridgehead atoms. The van der Waals surface area contributed by atoms with Crippen LogP contribution in [0.2, 0.25) is 0 Å². The summed E-state index contributed by atoms with van der Waals surface area (Å²) in [5.74, 6) is 0.481. The second kappa shape index (κ2) is 4.40. The van der Waals surface area contributed by atoms with Crippen molar-refractivity contribution in [3.05, 3.63) is 41.5 Å². The van der Waals surface area contributed by atoms with Crippen LogP contribution >= 0.6 is 0 Å². The zero-order chi connectivity index (χ0) is 10.8. The van der Waals surface area contributed by atoms with Gasteiger partial charge in [-0.1, -0.05) is 36.4 Å². The van der Waals surface area contributed by atoms with Gasteiger partial charge < -0.3 is 9.47 Å². The van der Waals surface area contributed by atoms with Crippen molar-refractivity contribution in [3.63, 3.8) is 0 Å². The highest BCUT2D eigenvalue weighted by Crippen LogP contribution is 2.35. The molecule has 2 aliphatic heterocycles. The summed E-state index contributed by atoms with van der Waals surface area (Å²) in [7, 11) is 0. The lowest BCUT2D eigenvalue weighted by atomic mass is 9.93. The maximum absolute atomic E-state index is 5.65. The Morgan fingerprint density at radius 3 is 2.88 bits per heavy atom. The molecule has 2 aliphatic rings. The molecule has 2 heteroatoms. The summed E-state index contributed by atoms with van der Waals surface area (Å²) < 4.78 is 11.3. The van der Waals surface area contributed by atoms with Gasteiger partial charge in [-0.05, 0) is 24.0 Å². The second-order valence-corrected chi connectivity index (χ2v) is 4.43. The lowest BCUT2D eigenvalue weighted by Gasteiger charge is -2.24. The molecule has 2 saturated heterocycles. The van der Waals surface area contributed by atoms with Crippen LogP contribution in [-0.2, 0) is 9.47 Å². The van der Waals surface area contributed by atoms with E-state index in [4.69, 9.17) is 9.47 Å². The second-order valence-electron chi connectivity index (χ2n) is 4.43. The molecule has 84 valence electrons. The van der Waals surface area contributed by atoms with Crippen molar-refractivity contribution in [3.8, 4) is 0 Å². The summed E-state index contributed by atoms with van der Waals surface area (Å²) in [6, 6.07) is 10.4. The Bertz CT molecular complexity index is 383. The molecular weight excluding hydrogens is 200 g/mol. The number of ether oxygens (including phenoxy) is 2. The molecule has 16 heavy (non-hydrogen) atoms. The van der Waals surface area contributed by atoms with Crippen LogP contribution in [0.1, 0.15) is 18.4 Å². The van der Waals surface area contributed by atoms with E-state index in [-0.39, 0.29) is 6.29 Å². The Balaban J connectivity index is 1.82. The minimum atomic E-state index is 0.0173. The fourth-order valence-corrected chi connectivity index (χ4v) is 2.48. The molecule has 2 heterocycles.